The van der Waals surface area contributed by atoms with Crippen LogP contribution in [0.3, 0.4) is 0 Å². The van der Waals surface area contributed by atoms with Crippen LogP contribution in [-0.2, 0) is 13.0 Å². The highest BCUT2D eigenvalue weighted by Crippen LogP contribution is 2.20. The van der Waals surface area contributed by atoms with Crippen LogP contribution >= 0.6 is 0 Å². The molecule has 2 amide bonds. The Morgan fingerprint density at radius 2 is 1.45 bits per heavy atom. The minimum atomic E-state index is -0.146. The van der Waals surface area contributed by atoms with Crippen LogP contribution < -0.4 is 5.32 Å². The number of fused-ring (bicyclic) bond motifs is 1. The zero-order valence-electron chi connectivity index (χ0n) is 16.5. The van der Waals surface area contributed by atoms with E-state index < -0.39 is 0 Å². The predicted octanol–water partition coefficient (Wildman–Crippen LogP) is 4.38. The molecule has 146 valence electrons. The molecule has 1 atom stereocenters. The van der Waals surface area contributed by atoms with E-state index in [0.717, 1.165) is 12.0 Å². The second kappa shape index (κ2) is 8.31. The molecule has 0 saturated carbocycles. The van der Waals surface area contributed by atoms with Crippen LogP contribution in [0.1, 0.15) is 50.4 Å². The molecule has 1 aliphatic heterocycles. The summed E-state index contributed by atoms with van der Waals surface area (Å²) in [4.78, 5) is 27.3. The Labute approximate surface area is 171 Å². The molecule has 29 heavy (non-hydrogen) atoms. The number of carbonyl (C=O) groups is 2. The highest BCUT2D eigenvalue weighted by molar-refractivity contribution is 5.98. The molecule has 4 rings (SSSR count). The molecule has 0 saturated heterocycles. The highest BCUT2D eigenvalue weighted by Gasteiger charge is 2.21. The van der Waals surface area contributed by atoms with Crippen LogP contribution in [0.2, 0.25) is 0 Å². The van der Waals surface area contributed by atoms with Gasteiger partial charge in [0.1, 0.15) is 0 Å². The molecule has 0 aromatic heterocycles. The van der Waals surface area contributed by atoms with Gasteiger partial charge in [-0.2, -0.15) is 0 Å². The molecular weight excluding hydrogens is 360 g/mol. The van der Waals surface area contributed by atoms with E-state index in [0.29, 0.717) is 24.2 Å². The normalized spacial score (nSPS) is 14.0. The van der Waals surface area contributed by atoms with Crippen molar-refractivity contribution in [1.82, 2.24) is 10.2 Å². The van der Waals surface area contributed by atoms with E-state index in [4.69, 9.17) is 0 Å². The van der Waals surface area contributed by atoms with E-state index in [-0.39, 0.29) is 17.9 Å². The topological polar surface area (TPSA) is 49.4 Å². The van der Waals surface area contributed by atoms with Crippen molar-refractivity contribution in [3.05, 3.63) is 107 Å². The Bertz CT molecular complexity index is 1010. The van der Waals surface area contributed by atoms with Gasteiger partial charge in [-0.3, -0.25) is 9.59 Å². The number of amides is 2. The first-order valence-corrected chi connectivity index (χ1v) is 9.94. The van der Waals surface area contributed by atoms with Crippen molar-refractivity contribution in [1.29, 1.82) is 0 Å². The van der Waals surface area contributed by atoms with Crippen LogP contribution in [0.4, 0.5) is 0 Å². The Hall–Kier alpha value is -3.40. The second-order valence-electron chi connectivity index (χ2n) is 7.43. The molecular formula is C25H24N2O2. The maximum atomic E-state index is 12.9. The summed E-state index contributed by atoms with van der Waals surface area (Å²) in [6.45, 7) is 3.30. The van der Waals surface area contributed by atoms with Gasteiger partial charge in [0, 0.05) is 24.2 Å². The third-order valence-electron chi connectivity index (χ3n) is 5.46. The van der Waals surface area contributed by atoms with Gasteiger partial charge in [-0.1, -0.05) is 54.6 Å². The maximum absolute atomic E-state index is 12.9. The molecule has 0 aliphatic carbocycles. The quantitative estimate of drug-likeness (QED) is 0.726. The third kappa shape index (κ3) is 4.21. The number of hydrogen-bond acceptors (Lipinski definition) is 2. The summed E-state index contributed by atoms with van der Waals surface area (Å²) in [6, 6.07) is 24.9. The first kappa shape index (κ1) is 18.9. The lowest BCUT2D eigenvalue weighted by atomic mass is 9.99. The van der Waals surface area contributed by atoms with Gasteiger partial charge in [0.05, 0.1) is 6.04 Å². The third-order valence-corrected chi connectivity index (χ3v) is 5.46. The average molecular weight is 384 g/mol. The lowest BCUT2D eigenvalue weighted by Gasteiger charge is -2.29. The minimum Gasteiger partial charge on any atom is -0.346 e. The first-order valence-electron chi connectivity index (χ1n) is 9.94. The van der Waals surface area contributed by atoms with Gasteiger partial charge in [-0.25, -0.2) is 0 Å². The van der Waals surface area contributed by atoms with E-state index in [1.165, 1.54) is 11.1 Å². The van der Waals surface area contributed by atoms with Gasteiger partial charge in [0.2, 0.25) is 0 Å². The number of nitrogens with zero attached hydrogens (tertiary/aromatic N) is 1. The predicted molar refractivity (Wildman–Crippen MR) is 114 cm³/mol. The van der Waals surface area contributed by atoms with Crippen molar-refractivity contribution >= 4 is 11.8 Å². The molecule has 1 heterocycles. The van der Waals surface area contributed by atoms with E-state index in [1.54, 1.807) is 24.3 Å². The Balaban J connectivity index is 1.41. The summed E-state index contributed by atoms with van der Waals surface area (Å²) in [5.41, 5.74) is 4.73. The molecule has 0 spiro atoms. The Morgan fingerprint density at radius 3 is 2.17 bits per heavy atom. The molecule has 4 nitrogen and oxygen atoms in total. The molecule has 1 unspecified atom stereocenters. The standard InChI is InChI=1S/C25H24N2O2/c1-18(19-7-3-2-4-8-19)26-24(28)21-11-13-22(14-12-21)25(29)27-16-15-20-9-5-6-10-23(20)17-27/h2-14,18H,15-17H2,1H3,(H,26,28). The minimum absolute atomic E-state index is 0.00381. The molecule has 0 fully saturated rings. The summed E-state index contributed by atoms with van der Waals surface area (Å²) in [7, 11) is 0. The molecule has 3 aromatic rings. The molecule has 4 heteroatoms. The van der Waals surface area contributed by atoms with E-state index in [9.17, 15) is 9.59 Å². The van der Waals surface area contributed by atoms with Crippen LogP contribution in [0.25, 0.3) is 0 Å². The van der Waals surface area contributed by atoms with Crippen molar-refractivity contribution in [2.24, 2.45) is 0 Å². The van der Waals surface area contributed by atoms with Crippen LogP contribution in [0, 0.1) is 0 Å². The summed E-state index contributed by atoms with van der Waals surface area (Å²) < 4.78 is 0. The van der Waals surface area contributed by atoms with Crippen molar-refractivity contribution in [2.45, 2.75) is 25.9 Å². The molecule has 0 bridgehead atoms. The zero-order chi connectivity index (χ0) is 20.2. The fourth-order valence-electron chi connectivity index (χ4n) is 3.72. The summed E-state index contributed by atoms with van der Waals surface area (Å²) in [6.07, 6.45) is 0.875. The van der Waals surface area contributed by atoms with Crippen molar-refractivity contribution in [2.75, 3.05) is 6.54 Å². The number of rotatable bonds is 4. The van der Waals surface area contributed by atoms with Gasteiger partial charge in [0.25, 0.3) is 11.8 Å². The number of hydrogen-bond donors (Lipinski definition) is 1. The number of nitrogens with one attached hydrogen (secondary N) is 1. The number of carbonyl (C=O) groups excluding carboxylic acids is 2. The summed E-state index contributed by atoms with van der Waals surface area (Å²) in [5.74, 6) is -0.142. The lowest BCUT2D eigenvalue weighted by Crippen LogP contribution is -2.36. The second-order valence-corrected chi connectivity index (χ2v) is 7.43. The average Bonchev–Trinajstić information content (AvgIpc) is 2.79. The molecule has 0 radical (unpaired) electrons. The van der Waals surface area contributed by atoms with Crippen molar-refractivity contribution in [3.63, 3.8) is 0 Å². The lowest BCUT2D eigenvalue weighted by molar-refractivity contribution is 0.0734. The van der Waals surface area contributed by atoms with Crippen molar-refractivity contribution < 1.29 is 9.59 Å². The Kier molecular flexibility index (Phi) is 5.43. The number of benzene rings is 3. The highest BCUT2D eigenvalue weighted by atomic mass is 16.2. The van der Waals surface area contributed by atoms with E-state index in [2.05, 4.69) is 17.4 Å². The fourth-order valence-corrected chi connectivity index (χ4v) is 3.72. The van der Waals surface area contributed by atoms with E-state index in [1.807, 2.05) is 54.3 Å². The van der Waals surface area contributed by atoms with Crippen LogP contribution in [0.5, 0.6) is 0 Å². The van der Waals surface area contributed by atoms with Crippen molar-refractivity contribution in [3.8, 4) is 0 Å². The molecule has 3 aromatic carbocycles. The summed E-state index contributed by atoms with van der Waals surface area (Å²) in [5, 5.41) is 3.00. The summed E-state index contributed by atoms with van der Waals surface area (Å²) >= 11 is 0. The smallest absolute Gasteiger partial charge is 0.254 e. The SMILES string of the molecule is CC(NC(=O)c1ccc(C(=O)N2CCc3ccccc3C2)cc1)c1ccccc1. The fraction of sp³-hybridized carbons (Fsp3) is 0.200. The first-order chi connectivity index (χ1) is 14.1. The monoisotopic (exact) mass is 384 g/mol. The van der Waals surface area contributed by atoms with Gasteiger partial charge >= 0.3 is 0 Å². The molecule has 1 aliphatic rings. The zero-order valence-corrected chi connectivity index (χ0v) is 16.5. The van der Waals surface area contributed by atoms with E-state index >= 15 is 0 Å². The van der Waals surface area contributed by atoms with Gasteiger partial charge in [-0.05, 0) is 54.3 Å². The maximum Gasteiger partial charge on any atom is 0.254 e. The molecule has 1 N–H and O–H groups in total. The van der Waals surface area contributed by atoms with Gasteiger partial charge in [0.15, 0.2) is 0 Å². The van der Waals surface area contributed by atoms with Crippen LogP contribution in [-0.4, -0.2) is 23.3 Å². The van der Waals surface area contributed by atoms with Gasteiger partial charge in [-0.15, -0.1) is 0 Å². The van der Waals surface area contributed by atoms with Crippen LogP contribution in [0.15, 0.2) is 78.9 Å². The Morgan fingerprint density at radius 1 is 0.828 bits per heavy atom. The van der Waals surface area contributed by atoms with Gasteiger partial charge < -0.3 is 10.2 Å². The largest absolute Gasteiger partial charge is 0.346 e.